The SMILES string of the molecule is COc1ccc(CCC(=O)N[C@H](C)[C@H](C)n2cncn2)cc1OC. The summed E-state index contributed by atoms with van der Waals surface area (Å²) in [5.74, 6) is 1.36. The smallest absolute Gasteiger partial charge is 0.220 e. The Hall–Kier alpha value is -2.57. The van der Waals surface area contributed by atoms with Crippen LogP contribution in [-0.4, -0.2) is 40.9 Å². The maximum absolute atomic E-state index is 12.2. The molecule has 0 aliphatic rings. The van der Waals surface area contributed by atoms with Crippen LogP contribution in [0.3, 0.4) is 0 Å². The minimum absolute atomic E-state index is 0.00394. The third-order valence-electron chi connectivity index (χ3n) is 4.05. The van der Waals surface area contributed by atoms with Crippen molar-refractivity contribution in [2.45, 2.75) is 38.8 Å². The van der Waals surface area contributed by atoms with Crippen molar-refractivity contribution < 1.29 is 14.3 Å². The standard InChI is InChI=1S/C17H24N4O3/c1-12(13(2)21-11-18-10-19-21)20-17(22)8-6-14-5-7-15(23-3)16(9-14)24-4/h5,7,9-13H,6,8H2,1-4H3,(H,20,22)/t12-,13+/m1/s1. The lowest BCUT2D eigenvalue weighted by molar-refractivity contribution is -0.121. The fourth-order valence-electron chi connectivity index (χ4n) is 2.40. The maximum Gasteiger partial charge on any atom is 0.220 e. The summed E-state index contributed by atoms with van der Waals surface area (Å²) < 4.78 is 12.2. The molecule has 1 aromatic heterocycles. The number of nitrogens with one attached hydrogen (secondary N) is 1. The van der Waals surface area contributed by atoms with Crippen LogP contribution in [-0.2, 0) is 11.2 Å². The van der Waals surface area contributed by atoms with E-state index < -0.39 is 0 Å². The van der Waals surface area contributed by atoms with E-state index in [4.69, 9.17) is 9.47 Å². The highest BCUT2D eigenvalue weighted by Crippen LogP contribution is 2.27. The van der Waals surface area contributed by atoms with E-state index >= 15 is 0 Å². The number of benzene rings is 1. The highest BCUT2D eigenvalue weighted by atomic mass is 16.5. The molecule has 1 N–H and O–H groups in total. The largest absolute Gasteiger partial charge is 0.493 e. The minimum Gasteiger partial charge on any atom is -0.493 e. The zero-order chi connectivity index (χ0) is 17.5. The number of carbonyl (C=O) groups excluding carboxylic acids is 1. The average Bonchev–Trinajstić information content (AvgIpc) is 3.13. The molecule has 2 rings (SSSR count). The molecule has 0 saturated carbocycles. The predicted octanol–water partition coefficient (Wildman–Crippen LogP) is 1.99. The number of nitrogens with zero attached hydrogens (tertiary/aromatic N) is 3. The van der Waals surface area contributed by atoms with Crippen molar-refractivity contribution in [2.24, 2.45) is 0 Å². The molecule has 0 spiro atoms. The number of rotatable bonds is 8. The Bertz CT molecular complexity index is 658. The van der Waals surface area contributed by atoms with Gasteiger partial charge in [-0.25, -0.2) is 9.67 Å². The second-order valence-electron chi connectivity index (χ2n) is 5.66. The second-order valence-corrected chi connectivity index (χ2v) is 5.66. The van der Waals surface area contributed by atoms with Crippen LogP contribution < -0.4 is 14.8 Å². The van der Waals surface area contributed by atoms with Crippen molar-refractivity contribution in [1.29, 1.82) is 0 Å². The molecule has 1 aromatic carbocycles. The summed E-state index contributed by atoms with van der Waals surface area (Å²) >= 11 is 0. The molecule has 7 heteroatoms. The van der Waals surface area contributed by atoms with Gasteiger partial charge in [-0.3, -0.25) is 4.79 Å². The van der Waals surface area contributed by atoms with Gasteiger partial charge in [0.1, 0.15) is 12.7 Å². The molecule has 0 aliphatic carbocycles. The molecule has 0 aliphatic heterocycles. The second kappa shape index (κ2) is 8.33. The molecule has 2 atom stereocenters. The van der Waals surface area contributed by atoms with Crippen LogP contribution in [0.25, 0.3) is 0 Å². The predicted molar refractivity (Wildman–Crippen MR) is 90.2 cm³/mol. The van der Waals surface area contributed by atoms with E-state index in [1.54, 1.807) is 25.2 Å². The lowest BCUT2D eigenvalue weighted by Gasteiger charge is -2.21. The number of hydrogen-bond acceptors (Lipinski definition) is 5. The van der Waals surface area contributed by atoms with Crippen molar-refractivity contribution in [1.82, 2.24) is 20.1 Å². The lowest BCUT2D eigenvalue weighted by atomic mass is 10.1. The summed E-state index contributed by atoms with van der Waals surface area (Å²) in [5.41, 5.74) is 1.03. The van der Waals surface area contributed by atoms with E-state index in [1.807, 2.05) is 32.0 Å². The van der Waals surface area contributed by atoms with Crippen LogP contribution in [0.5, 0.6) is 11.5 Å². The summed E-state index contributed by atoms with van der Waals surface area (Å²) in [5, 5.41) is 7.11. The average molecular weight is 332 g/mol. The third-order valence-corrected chi connectivity index (χ3v) is 4.05. The Labute approximate surface area is 142 Å². The molecule has 0 saturated heterocycles. The number of ether oxygens (including phenoxy) is 2. The van der Waals surface area contributed by atoms with Gasteiger partial charge in [0, 0.05) is 12.5 Å². The molecule has 0 radical (unpaired) electrons. The molecule has 1 heterocycles. The third kappa shape index (κ3) is 4.47. The molecular weight excluding hydrogens is 308 g/mol. The summed E-state index contributed by atoms with van der Waals surface area (Å²) in [6.07, 6.45) is 4.18. The quantitative estimate of drug-likeness (QED) is 0.800. The van der Waals surface area contributed by atoms with E-state index in [0.717, 1.165) is 5.56 Å². The van der Waals surface area contributed by atoms with Gasteiger partial charge < -0.3 is 14.8 Å². The van der Waals surface area contributed by atoms with E-state index in [0.29, 0.717) is 24.3 Å². The molecule has 1 amide bonds. The maximum atomic E-state index is 12.2. The van der Waals surface area contributed by atoms with Gasteiger partial charge in [-0.1, -0.05) is 6.07 Å². The topological polar surface area (TPSA) is 78.3 Å². The summed E-state index contributed by atoms with van der Waals surface area (Å²) in [4.78, 5) is 16.1. The van der Waals surface area contributed by atoms with Crippen molar-refractivity contribution in [3.05, 3.63) is 36.4 Å². The zero-order valence-corrected chi connectivity index (χ0v) is 14.5. The van der Waals surface area contributed by atoms with Crippen LogP contribution in [0.4, 0.5) is 0 Å². The van der Waals surface area contributed by atoms with E-state index in [1.165, 1.54) is 6.33 Å². The van der Waals surface area contributed by atoms with Crippen LogP contribution in [0.15, 0.2) is 30.9 Å². The fourth-order valence-corrected chi connectivity index (χ4v) is 2.40. The number of methoxy groups -OCH3 is 2. The molecule has 24 heavy (non-hydrogen) atoms. The highest BCUT2D eigenvalue weighted by molar-refractivity contribution is 5.76. The minimum atomic E-state index is -0.0374. The van der Waals surface area contributed by atoms with Gasteiger partial charge in [0.15, 0.2) is 11.5 Å². The van der Waals surface area contributed by atoms with Gasteiger partial charge in [0.2, 0.25) is 5.91 Å². The molecule has 0 fully saturated rings. The molecule has 0 bridgehead atoms. The number of aryl methyl sites for hydroxylation is 1. The van der Waals surface area contributed by atoms with Crippen molar-refractivity contribution in [3.8, 4) is 11.5 Å². The number of carbonyl (C=O) groups is 1. The van der Waals surface area contributed by atoms with Gasteiger partial charge in [-0.05, 0) is 38.0 Å². The van der Waals surface area contributed by atoms with Crippen LogP contribution in [0, 0.1) is 0 Å². The fraction of sp³-hybridized carbons (Fsp3) is 0.471. The van der Waals surface area contributed by atoms with Gasteiger partial charge in [0.25, 0.3) is 0 Å². The Kier molecular flexibility index (Phi) is 6.17. The first-order valence-corrected chi connectivity index (χ1v) is 7.89. The molecular formula is C17H24N4O3. The molecule has 0 unspecified atom stereocenters. The van der Waals surface area contributed by atoms with E-state index in [9.17, 15) is 4.79 Å². The van der Waals surface area contributed by atoms with Crippen LogP contribution in [0.2, 0.25) is 0 Å². The highest BCUT2D eigenvalue weighted by Gasteiger charge is 2.17. The Morgan fingerprint density at radius 2 is 2.00 bits per heavy atom. The van der Waals surface area contributed by atoms with Gasteiger partial charge >= 0.3 is 0 Å². The van der Waals surface area contributed by atoms with Gasteiger partial charge in [-0.15, -0.1) is 0 Å². The first-order valence-electron chi connectivity index (χ1n) is 7.89. The number of amides is 1. The van der Waals surface area contributed by atoms with Crippen molar-refractivity contribution in [3.63, 3.8) is 0 Å². The van der Waals surface area contributed by atoms with Crippen LogP contribution in [0.1, 0.15) is 31.9 Å². The Morgan fingerprint density at radius 1 is 1.25 bits per heavy atom. The summed E-state index contributed by atoms with van der Waals surface area (Å²) in [6.45, 7) is 3.95. The molecule has 2 aromatic rings. The summed E-state index contributed by atoms with van der Waals surface area (Å²) in [6, 6.07) is 5.69. The van der Waals surface area contributed by atoms with E-state index in [2.05, 4.69) is 15.4 Å². The lowest BCUT2D eigenvalue weighted by Crippen LogP contribution is -2.38. The number of hydrogen-bond donors (Lipinski definition) is 1. The zero-order valence-electron chi connectivity index (χ0n) is 14.5. The van der Waals surface area contributed by atoms with Crippen molar-refractivity contribution >= 4 is 5.91 Å². The molecule has 7 nitrogen and oxygen atoms in total. The monoisotopic (exact) mass is 332 g/mol. The summed E-state index contributed by atoms with van der Waals surface area (Å²) in [7, 11) is 3.20. The van der Waals surface area contributed by atoms with Crippen LogP contribution >= 0.6 is 0 Å². The van der Waals surface area contributed by atoms with Gasteiger partial charge in [0.05, 0.1) is 20.3 Å². The Balaban J connectivity index is 1.86. The Morgan fingerprint density at radius 3 is 2.62 bits per heavy atom. The molecule has 130 valence electrons. The normalized spacial score (nSPS) is 13.2. The van der Waals surface area contributed by atoms with Gasteiger partial charge in [-0.2, -0.15) is 5.10 Å². The van der Waals surface area contributed by atoms with E-state index in [-0.39, 0.29) is 18.0 Å². The number of aromatic nitrogens is 3. The first kappa shape index (κ1) is 17.8. The van der Waals surface area contributed by atoms with Crippen molar-refractivity contribution in [2.75, 3.05) is 14.2 Å². The first-order chi connectivity index (χ1) is 11.5.